The SMILES string of the molecule is COC(=O)[C@H](C)NC(=O)[C@H]([C@H](O)[C@@H](NC(=O)[C@H](CCCCN)NC(=O)[C@@H](NC(C)=O)C(C)C)C(C)(C)C)C(C)(C)C. The predicted octanol–water partition coefficient (Wildman–Crippen LogP) is 0.993. The number of nitrogens with one attached hydrogen (secondary N) is 4. The second kappa shape index (κ2) is 16.6. The zero-order valence-electron chi connectivity index (χ0n) is 26.8. The van der Waals surface area contributed by atoms with Crippen LogP contribution in [0, 0.1) is 22.7 Å². The molecule has 0 radical (unpaired) electrons. The van der Waals surface area contributed by atoms with Gasteiger partial charge in [-0.1, -0.05) is 55.4 Å². The fraction of sp³-hybridized carbons (Fsp3) is 0.828. The monoisotopic (exact) mass is 585 g/mol. The van der Waals surface area contributed by atoms with Gasteiger partial charge in [0.05, 0.1) is 25.2 Å². The van der Waals surface area contributed by atoms with Crippen LogP contribution in [0.25, 0.3) is 0 Å². The summed E-state index contributed by atoms with van der Waals surface area (Å²) in [6.07, 6.45) is 0.121. The van der Waals surface area contributed by atoms with Crippen LogP contribution in [-0.2, 0) is 28.7 Å². The van der Waals surface area contributed by atoms with E-state index < -0.39 is 70.7 Å². The van der Waals surface area contributed by atoms with Crippen LogP contribution < -0.4 is 27.0 Å². The van der Waals surface area contributed by atoms with E-state index in [1.807, 2.05) is 20.8 Å². The highest BCUT2D eigenvalue weighted by Gasteiger charge is 2.46. The van der Waals surface area contributed by atoms with E-state index in [-0.39, 0.29) is 18.2 Å². The van der Waals surface area contributed by atoms with E-state index in [1.54, 1.807) is 34.6 Å². The Balaban J connectivity index is 6.26. The lowest BCUT2D eigenvalue weighted by molar-refractivity contribution is -0.148. The molecular formula is C29H55N5O7. The first-order chi connectivity index (χ1) is 18.7. The summed E-state index contributed by atoms with van der Waals surface area (Å²) in [5, 5.41) is 22.6. The third kappa shape index (κ3) is 12.8. The Kier molecular flexibility index (Phi) is 15.5. The molecule has 4 amide bonds. The fourth-order valence-corrected chi connectivity index (χ4v) is 4.64. The van der Waals surface area contributed by atoms with E-state index in [9.17, 15) is 29.1 Å². The number of hydrogen-bond acceptors (Lipinski definition) is 8. The van der Waals surface area contributed by atoms with Crippen LogP contribution in [0.3, 0.4) is 0 Å². The van der Waals surface area contributed by atoms with Gasteiger partial charge in [0.25, 0.3) is 0 Å². The second-order valence-electron chi connectivity index (χ2n) is 13.2. The highest BCUT2D eigenvalue weighted by atomic mass is 16.5. The molecule has 7 N–H and O–H groups in total. The Hall–Kier alpha value is -2.73. The Morgan fingerprint density at radius 3 is 1.78 bits per heavy atom. The van der Waals surface area contributed by atoms with E-state index in [0.29, 0.717) is 19.4 Å². The summed E-state index contributed by atoms with van der Waals surface area (Å²) >= 11 is 0. The highest BCUT2D eigenvalue weighted by molar-refractivity contribution is 5.92. The van der Waals surface area contributed by atoms with Crippen molar-refractivity contribution < 1.29 is 33.8 Å². The van der Waals surface area contributed by atoms with E-state index in [0.717, 1.165) is 0 Å². The molecule has 0 aliphatic carbocycles. The van der Waals surface area contributed by atoms with Gasteiger partial charge in [0.15, 0.2) is 0 Å². The molecule has 0 heterocycles. The number of aliphatic hydroxyl groups excluding tert-OH is 1. The number of esters is 1. The maximum atomic E-state index is 13.7. The third-order valence-corrected chi connectivity index (χ3v) is 6.93. The minimum absolute atomic E-state index is 0.228. The lowest BCUT2D eigenvalue weighted by Gasteiger charge is -2.43. The fourth-order valence-electron chi connectivity index (χ4n) is 4.64. The molecular weight excluding hydrogens is 530 g/mol. The maximum Gasteiger partial charge on any atom is 0.328 e. The van der Waals surface area contributed by atoms with Crippen molar-refractivity contribution in [2.75, 3.05) is 13.7 Å². The first-order valence-electron chi connectivity index (χ1n) is 14.3. The van der Waals surface area contributed by atoms with Crippen molar-refractivity contribution in [2.24, 2.45) is 28.4 Å². The van der Waals surface area contributed by atoms with Crippen LogP contribution in [0.1, 0.15) is 88.5 Å². The number of aliphatic hydroxyl groups is 1. The largest absolute Gasteiger partial charge is 0.467 e. The normalized spacial score (nSPS) is 16.4. The molecule has 0 aromatic carbocycles. The van der Waals surface area contributed by atoms with Crippen molar-refractivity contribution in [1.29, 1.82) is 0 Å². The third-order valence-electron chi connectivity index (χ3n) is 6.93. The number of carbonyl (C=O) groups excluding carboxylic acids is 5. The summed E-state index contributed by atoms with van der Waals surface area (Å²) in [6, 6.07) is -3.66. The molecule has 0 aliphatic rings. The van der Waals surface area contributed by atoms with Crippen LogP contribution in [0.2, 0.25) is 0 Å². The van der Waals surface area contributed by atoms with Crippen LogP contribution in [-0.4, -0.2) is 78.6 Å². The average molecular weight is 586 g/mol. The number of rotatable bonds is 15. The highest BCUT2D eigenvalue weighted by Crippen LogP contribution is 2.35. The predicted molar refractivity (Wildman–Crippen MR) is 157 cm³/mol. The first kappa shape index (κ1) is 38.3. The van der Waals surface area contributed by atoms with Crippen molar-refractivity contribution in [3.8, 4) is 0 Å². The van der Waals surface area contributed by atoms with Gasteiger partial charge in [-0.25, -0.2) is 4.79 Å². The Bertz CT molecular complexity index is 895. The van der Waals surface area contributed by atoms with Crippen molar-refractivity contribution in [3.63, 3.8) is 0 Å². The van der Waals surface area contributed by atoms with E-state index in [4.69, 9.17) is 10.5 Å². The van der Waals surface area contributed by atoms with Crippen molar-refractivity contribution in [3.05, 3.63) is 0 Å². The summed E-state index contributed by atoms with van der Waals surface area (Å²) in [7, 11) is 1.22. The van der Waals surface area contributed by atoms with Gasteiger partial charge < -0.3 is 36.8 Å². The number of carbonyl (C=O) groups is 5. The zero-order valence-corrected chi connectivity index (χ0v) is 26.8. The minimum Gasteiger partial charge on any atom is -0.467 e. The Labute approximate surface area is 245 Å². The van der Waals surface area contributed by atoms with Crippen LogP contribution in [0.4, 0.5) is 0 Å². The molecule has 12 heteroatoms. The number of methoxy groups -OCH3 is 1. The van der Waals surface area contributed by atoms with Gasteiger partial charge in [-0.2, -0.15) is 0 Å². The average Bonchev–Trinajstić information content (AvgIpc) is 2.82. The van der Waals surface area contributed by atoms with Gasteiger partial charge in [-0.15, -0.1) is 0 Å². The van der Waals surface area contributed by atoms with Crippen LogP contribution in [0.5, 0.6) is 0 Å². The number of nitrogens with two attached hydrogens (primary N) is 1. The second-order valence-corrected chi connectivity index (χ2v) is 13.2. The molecule has 0 spiro atoms. The molecule has 0 bridgehead atoms. The van der Waals surface area contributed by atoms with Crippen LogP contribution >= 0.6 is 0 Å². The number of amides is 4. The summed E-state index contributed by atoms with van der Waals surface area (Å²) in [5.41, 5.74) is 4.17. The summed E-state index contributed by atoms with van der Waals surface area (Å²) < 4.78 is 4.71. The van der Waals surface area contributed by atoms with Crippen molar-refractivity contribution in [2.45, 2.75) is 119 Å². The summed E-state index contributed by atoms with van der Waals surface area (Å²) in [6.45, 7) is 17.6. The Morgan fingerprint density at radius 2 is 1.37 bits per heavy atom. The lowest BCUT2D eigenvalue weighted by Crippen LogP contribution is -2.62. The number of ether oxygens (including phenoxy) is 1. The van der Waals surface area contributed by atoms with Gasteiger partial charge in [0.1, 0.15) is 18.1 Å². The molecule has 12 nitrogen and oxygen atoms in total. The van der Waals surface area contributed by atoms with Gasteiger partial charge in [0.2, 0.25) is 23.6 Å². The quantitative estimate of drug-likeness (QED) is 0.121. The number of hydrogen-bond donors (Lipinski definition) is 6. The molecule has 0 aliphatic heterocycles. The molecule has 0 saturated carbocycles. The minimum atomic E-state index is -1.35. The number of unbranched alkanes of at least 4 members (excludes halogenated alkanes) is 1. The van der Waals surface area contributed by atoms with Gasteiger partial charge >= 0.3 is 5.97 Å². The maximum absolute atomic E-state index is 13.7. The van der Waals surface area contributed by atoms with Gasteiger partial charge in [-0.05, 0) is 49.5 Å². The van der Waals surface area contributed by atoms with Crippen molar-refractivity contribution >= 4 is 29.6 Å². The summed E-state index contributed by atoms with van der Waals surface area (Å²) in [5.74, 6) is -3.84. The zero-order chi connectivity index (χ0) is 32.3. The molecule has 0 unspecified atom stereocenters. The molecule has 0 rings (SSSR count). The topological polar surface area (TPSA) is 189 Å². The van der Waals surface area contributed by atoms with Crippen molar-refractivity contribution in [1.82, 2.24) is 21.3 Å². The molecule has 41 heavy (non-hydrogen) atoms. The standard InChI is InChI=1S/C29H55N5O7/c1-16(2)21(32-18(4)35)26(39)33-19(14-12-13-15-30)24(37)34-23(29(8,9)10)22(36)20(28(5,6)7)25(38)31-17(3)27(40)41-11/h16-17,19-23,36H,12-15,30H2,1-11H3,(H,31,38)(H,32,35)(H,33,39)(H,34,37)/t17-,19-,20-,21-,22-,23+/m0/s1. The molecule has 0 aromatic rings. The molecule has 0 fully saturated rings. The molecule has 6 atom stereocenters. The van der Waals surface area contributed by atoms with E-state index in [1.165, 1.54) is 21.0 Å². The van der Waals surface area contributed by atoms with E-state index in [2.05, 4.69) is 21.3 Å². The molecule has 238 valence electrons. The molecule has 0 aromatic heterocycles. The lowest BCUT2D eigenvalue weighted by atomic mass is 9.70. The molecule has 0 saturated heterocycles. The van der Waals surface area contributed by atoms with Gasteiger partial charge in [-0.3, -0.25) is 19.2 Å². The van der Waals surface area contributed by atoms with Gasteiger partial charge in [0, 0.05) is 6.92 Å². The first-order valence-corrected chi connectivity index (χ1v) is 14.3. The van der Waals surface area contributed by atoms with Crippen LogP contribution in [0.15, 0.2) is 0 Å². The smallest absolute Gasteiger partial charge is 0.328 e. The summed E-state index contributed by atoms with van der Waals surface area (Å²) in [4.78, 5) is 63.8. The Morgan fingerprint density at radius 1 is 0.805 bits per heavy atom. The van der Waals surface area contributed by atoms with E-state index >= 15 is 0 Å².